The highest BCUT2D eigenvalue weighted by atomic mass is 32.1. The lowest BCUT2D eigenvalue weighted by Gasteiger charge is -2.26. The fraction of sp³-hybridized carbons (Fsp3) is 0.222. The highest BCUT2D eigenvalue weighted by molar-refractivity contribution is 7.80. The lowest BCUT2D eigenvalue weighted by Crippen LogP contribution is -2.41. The Morgan fingerprint density at radius 1 is 0.788 bits per heavy atom. The first-order valence-electron chi connectivity index (χ1n) is 15.4. The smallest absolute Gasteiger partial charge is 0.416 e. The molecule has 16 heteroatoms. The van der Waals surface area contributed by atoms with Gasteiger partial charge >= 0.3 is 24.3 Å². The van der Waals surface area contributed by atoms with Gasteiger partial charge in [0, 0.05) is 23.8 Å². The Balaban J connectivity index is 1.36. The van der Waals surface area contributed by atoms with E-state index in [-0.39, 0.29) is 53.7 Å². The molecule has 1 aliphatic rings. The molecule has 9 nitrogen and oxygen atoms in total. The summed E-state index contributed by atoms with van der Waals surface area (Å²) in [6.07, 6.45) is -9.65. The van der Waals surface area contributed by atoms with Crippen LogP contribution in [0.1, 0.15) is 55.8 Å². The second kappa shape index (κ2) is 15.3. The van der Waals surface area contributed by atoms with Gasteiger partial charge in [-0.3, -0.25) is 4.79 Å². The predicted octanol–water partition coefficient (Wildman–Crippen LogP) is 8.26. The minimum Gasteiger partial charge on any atom is -0.489 e. The van der Waals surface area contributed by atoms with Crippen LogP contribution in [0.15, 0.2) is 84.9 Å². The molecule has 272 valence electrons. The first kappa shape index (κ1) is 37.6. The molecule has 0 spiro atoms. The number of nitrogens with one attached hydrogen (secondary N) is 1. The first-order chi connectivity index (χ1) is 24.5. The molecule has 0 saturated carbocycles. The number of carboxylic acids is 2. The summed E-state index contributed by atoms with van der Waals surface area (Å²) >= 11 is 5.44. The fourth-order valence-corrected chi connectivity index (χ4v) is 5.83. The fourth-order valence-electron chi connectivity index (χ4n) is 5.59. The van der Waals surface area contributed by atoms with E-state index in [0.717, 1.165) is 11.6 Å². The van der Waals surface area contributed by atoms with Crippen LogP contribution >= 0.6 is 12.2 Å². The Bertz CT molecular complexity index is 1940. The van der Waals surface area contributed by atoms with Crippen LogP contribution in [0.3, 0.4) is 0 Å². The molecule has 4 aromatic rings. The van der Waals surface area contributed by atoms with Gasteiger partial charge in [-0.1, -0.05) is 42.5 Å². The maximum Gasteiger partial charge on any atom is 0.416 e. The molecule has 1 atom stereocenters. The van der Waals surface area contributed by atoms with E-state index in [1.165, 1.54) is 17.0 Å². The van der Waals surface area contributed by atoms with E-state index in [1.54, 1.807) is 18.2 Å². The Hall–Kier alpha value is -5.64. The van der Waals surface area contributed by atoms with E-state index in [4.69, 9.17) is 21.7 Å². The van der Waals surface area contributed by atoms with Crippen molar-refractivity contribution in [1.82, 2.24) is 0 Å². The zero-order valence-electron chi connectivity index (χ0n) is 26.8. The SMILES string of the molecule is O=C(O)c1cc(NC(=S)CCC2Cc3cc(OCc4ccccc4)ccc3N2C(=O)COc2cc(C(F)(F)F)cc(C(F)(F)F)c2)cc(C(=O)O)c1. The number of ether oxygens (including phenoxy) is 2. The third-order valence-electron chi connectivity index (χ3n) is 7.99. The van der Waals surface area contributed by atoms with Crippen molar-refractivity contribution in [3.05, 3.63) is 118 Å². The van der Waals surface area contributed by atoms with Gasteiger partial charge in [0.2, 0.25) is 0 Å². The van der Waals surface area contributed by atoms with Gasteiger partial charge in [0.1, 0.15) is 18.1 Å². The predicted molar refractivity (Wildman–Crippen MR) is 180 cm³/mol. The van der Waals surface area contributed by atoms with Crippen molar-refractivity contribution in [3.8, 4) is 11.5 Å². The van der Waals surface area contributed by atoms with Crippen LogP contribution in [0.2, 0.25) is 0 Å². The standard InChI is InChI=1S/C36H28F6N2O7S/c37-35(38,39)24-15-25(36(40,41)42)17-29(16-24)51-19-32(45)44-27(6-9-31(52)43-26-11-22(33(46)47)10-23(12-26)34(48)49)13-21-14-28(7-8-30(21)44)50-18-20-4-2-1-3-5-20/h1-5,7-8,10-12,14-17,27H,6,9,13,18-19H2,(H,43,52)(H,46,47)(H,48,49). The van der Waals surface area contributed by atoms with Crippen molar-refractivity contribution in [2.45, 2.75) is 44.3 Å². The average molecular weight is 747 g/mol. The van der Waals surface area contributed by atoms with E-state index >= 15 is 0 Å². The molecule has 1 unspecified atom stereocenters. The number of aromatic carboxylic acids is 2. The van der Waals surface area contributed by atoms with E-state index in [9.17, 15) is 50.9 Å². The number of benzene rings is 4. The number of hydrogen-bond acceptors (Lipinski definition) is 6. The van der Waals surface area contributed by atoms with Gasteiger partial charge in [-0.15, -0.1) is 0 Å². The van der Waals surface area contributed by atoms with E-state index in [0.29, 0.717) is 29.1 Å². The molecule has 1 amide bonds. The largest absolute Gasteiger partial charge is 0.489 e. The van der Waals surface area contributed by atoms with Crippen LogP contribution in [0, 0.1) is 0 Å². The van der Waals surface area contributed by atoms with Crippen molar-refractivity contribution in [1.29, 1.82) is 0 Å². The molecule has 0 saturated heterocycles. The molecular weight excluding hydrogens is 718 g/mol. The summed E-state index contributed by atoms with van der Waals surface area (Å²) < 4.78 is 91.6. The molecule has 1 aliphatic heterocycles. The topological polar surface area (TPSA) is 125 Å². The number of halogens is 6. The molecule has 5 rings (SSSR count). The van der Waals surface area contributed by atoms with Gasteiger partial charge in [-0.2, -0.15) is 26.3 Å². The van der Waals surface area contributed by atoms with Crippen LogP contribution in [0.5, 0.6) is 11.5 Å². The van der Waals surface area contributed by atoms with E-state index in [2.05, 4.69) is 5.32 Å². The van der Waals surface area contributed by atoms with Crippen LogP contribution in [-0.2, 0) is 30.2 Å². The molecule has 4 aromatic carbocycles. The number of rotatable bonds is 12. The van der Waals surface area contributed by atoms with Gasteiger partial charge in [0.15, 0.2) is 6.61 Å². The molecule has 0 fully saturated rings. The van der Waals surface area contributed by atoms with Crippen LogP contribution in [-0.4, -0.2) is 45.7 Å². The summed E-state index contributed by atoms with van der Waals surface area (Å²) in [6.45, 7) is -0.646. The van der Waals surface area contributed by atoms with Gasteiger partial charge in [-0.05, 0) is 78.6 Å². The highest BCUT2D eigenvalue weighted by Crippen LogP contribution is 2.39. The summed E-state index contributed by atoms with van der Waals surface area (Å²) in [6, 6.07) is 17.8. The third kappa shape index (κ3) is 9.37. The van der Waals surface area contributed by atoms with Gasteiger partial charge in [0.25, 0.3) is 5.91 Å². The number of nitrogens with zero attached hydrogens (tertiary/aromatic N) is 1. The quantitative estimate of drug-likeness (QED) is 0.0971. The number of alkyl halides is 6. The molecule has 52 heavy (non-hydrogen) atoms. The molecule has 0 aliphatic carbocycles. The zero-order valence-corrected chi connectivity index (χ0v) is 27.6. The molecule has 0 bridgehead atoms. The summed E-state index contributed by atoms with van der Waals surface area (Å²) in [5.41, 5.74) is -1.67. The van der Waals surface area contributed by atoms with Crippen molar-refractivity contribution < 1.29 is 60.4 Å². The Kier molecular flexibility index (Phi) is 11.1. The van der Waals surface area contributed by atoms with E-state index < -0.39 is 59.7 Å². The average Bonchev–Trinajstić information content (AvgIpc) is 3.46. The monoisotopic (exact) mass is 746 g/mol. The number of fused-ring (bicyclic) bond motifs is 1. The van der Waals surface area contributed by atoms with Crippen molar-refractivity contribution in [2.24, 2.45) is 0 Å². The zero-order chi connectivity index (χ0) is 37.8. The summed E-state index contributed by atoms with van der Waals surface area (Å²) in [4.78, 5) is 38.2. The number of anilines is 2. The van der Waals surface area contributed by atoms with Crippen molar-refractivity contribution in [3.63, 3.8) is 0 Å². The minimum absolute atomic E-state index is 0.0454. The summed E-state index contributed by atoms with van der Waals surface area (Å²) in [7, 11) is 0. The Morgan fingerprint density at radius 3 is 1.98 bits per heavy atom. The van der Waals surface area contributed by atoms with Crippen molar-refractivity contribution in [2.75, 3.05) is 16.8 Å². The maximum absolute atomic E-state index is 13.7. The molecule has 0 aromatic heterocycles. The lowest BCUT2D eigenvalue weighted by molar-refractivity contribution is -0.143. The highest BCUT2D eigenvalue weighted by Gasteiger charge is 2.38. The minimum atomic E-state index is -5.11. The Morgan fingerprint density at radius 2 is 1.40 bits per heavy atom. The third-order valence-corrected chi connectivity index (χ3v) is 8.29. The van der Waals surface area contributed by atoms with Crippen LogP contribution < -0.4 is 19.7 Å². The molecule has 0 radical (unpaired) electrons. The normalized spacial score (nSPS) is 14.0. The van der Waals surface area contributed by atoms with Gasteiger partial charge < -0.3 is 29.9 Å². The van der Waals surface area contributed by atoms with Crippen LogP contribution in [0.25, 0.3) is 0 Å². The lowest BCUT2D eigenvalue weighted by atomic mass is 10.1. The number of thiocarbonyl (C=S) groups is 1. The first-order valence-corrected chi connectivity index (χ1v) is 15.8. The molecule has 3 N–H and O–H groups in total. The van der Waals surface area contributed by atoms with Crippen LogP contribution in [0.4, 0.5) is 37.7 Å². The summed E-state index contributed by atoms with van der Waals surface area (Å²) in [5, 5.41) is 21.6. The van der Waals surface area contributed by atoms with Gasteiger partial charge in [0.05, 0.1) is 27.2 Å². The second-order valence-electron chi connectivity index (χ2n) is 11.7. The van der Waals surface area contributed by atoms with Gasteiger partial charge in [-0.25, -0.2) is 9.59 Å². The second-order valence-corrected chi connectivity index (χ2v) is 12.2. The number of carboxylic acid groups (broad SMARTS) is 2. The molecule has 1 heterocycles. The summed E-state index contributed by atoms with van der Waals surface area (Å²) in [5.74, 6) is -3.79. The van der Waals surface area contributed by atoms with Crippen molar-refractivity contribution >= 4 is 46.4 Å². The number of hydrogen-bond donors (Lipinski definition) is 3. The number of carbonyl (C=O) groups is 3. The Labute approximate surface area is 297 Å². The maximum atomic E-state index is 13.7. The number of amides is 1. The number of carbonyl (C=O) groups excluding carboxylic acids is 1. The van der Waals surface area contributed by atoms with E-state index in [1.807, 2.05) is 30.3 Å². The molecular formula is C36H28F6N2O7S.